The summed E-state index contributed by atoms with van der Waals surface area (Å²) >= 11 is 0. The standard InChI is InChI=1S/C12H14FN3O3/c13-9-3-8(4-10(5-9)16(18)19)12(17)15-6-11(14)7-1-2-7/h3-5,7,11H,1-2,6,14H2,(H,15,17). The topological polar surface area (TPSA) is 98.3 Å². The van der Waals surface area contributed by atoms with Crippen LogP contribution in [0.15, 0.2) is 18.2 Å². The summed E-state index contributed by atoms with van der Waals surface area (Å²) in [5.74, 6) is -0.938. The lowest BCUT2D eigenvalue weighted by molar-refractivity contribution is -0.385. The van der Waals surface area contributed by atoms with Crippen LogP contribution in [0.25, 0.3) is 0 Å². The van der Waals surface area contributed by atoms with E-state index in [0.29, 0.717) is 5.92 Å². The molecule has 102 valence electrons. The van der Waals surface area contributed by atoms with Crippen molar-refractivity contribution < 1.29 is 14.1 Å². The number of nitrogens with one attached hydrogen (secondary N) is 1. The smallest absolute Gasteiger partial charge is 0.273 e. The lowest BCUT2D eigenvalue weighted by atomic mass is 10.1. The third-order valence-electron chi connectivity index (χ3n) is 3.08. The normalized spacial score (nSPS) is 15.9. The van der Waals surface area contributed by atoms with Crippen LogP contribution in [0.4, 0.5) is 10.1 Å². The van der Waals surface area contributed by atoms with Crippen LogP contribution in [0.5, 0.6) is 0 Å². The first-order valence-corrected chi connectivity index (χ1v) is 5.96. The third kappa shape index (κ3) is 3.47. The van der Waals surface area contributed by atoms with E-state index in [0.717, 1.165) is 31.0 Å². The van der Waals surface area contributed by atoms with Gasteiger partial charge in [-0.1, -0.05) is 0 Å². The van der Waals surface area contributed by atoms with Gasteiger partial charge in [0.1, 0.15) is 5.82 Å². The molecule has 1 aromatic carbocycles. The van der Waals surface area contributed by atoms with Crippen molar-refractivity contribution in [1.29, 1.82) is 0 Å². The zero-order valence-electron chi connectivity index (χ0n) is 10.1. The maximum atomic E-state index is 13.2. The molecule has 1 unspecified atom stereocenters. The first-order valence-electron chi connectivity index (χ1n) is 5.96. The second kappa shape index (κ2) is 5.31. The lowest BCUT2D eigenvalue weighted by Gasteiger charge is -2.11. The minimum absolute atomic E-state index is 0.0744. The van der Waals surface area contributed by atoms with E-state index in [1.165, 1.54) is 0 Å². The number of carbonyl (C=O) groups is 1. The molecule has 7 heteroatoms. The Labute approximate surface area is 108 Å². The molecule has 0 aliphatic heterocycles. The molecule has 1 saturated carbocycles. The summed E-state index contributed by atoms with van der Waals surface area (Å²) in [6.07, 6.45) is 2.12. The molecule has 1 aromatic rings. The van der Waals surface area contributed by atoms with Gasteiger partial charge in [-0.3, -0.25) is 14.9 Å². The van der Waals surface area contributed by atoms with Gasteiger partial charge in [-0.2, -0.15) is 0 Å². The highest BCUT2D eigenvalue weighted by Gasteiger charge is 2.28. The number of carbonyl (C=O) groups excluding carboxylic acids is 1. The van der Waals surface area contributed by atoms with Gasteiger partial charge in [0.15, 0.2) is 0 Å². The van der Waals surface area contributed by atoms with Crippen molar-refractivity contribution in [3.63, 3.8) is 0 Å². The molecule has 1 fully saturated rings. The van der Waals surface area contributed by atoms with Gasteiger partial charge in [0, 0.05) is 24.2 Å². The van der Waals surface area contributed by atoms with Crippen molar-refractivity contribution in [3.05, 3.63) is 39.7 Å². The lowest BCUT2D eigenvalue weighted by Crippen LogP contribution is -2.38. The number of hydrogen-bond acceptors (Lipinski definition) is 4. The molecule has 0 bridgehead atoms. The van der Waals surface area contributed by atoms with Gasteiger partial charge in [-0.05, 0) is 24.8 Å². The van der Waals surface area contributed by atoms with Crippen molar-refractivity contribution in [1.82, 2.24) is 5.32 Å². The molecule has 1 aliphatic carbocycles. The number of nitrogens with zero attached hydrogens (tertiary/aromatic N) is 1. The summed E-state index contributed by atoms with van der Waals surface area (Å²) in [4.78, 5) is 21.6. The molecule has 0 radical (unpaired) electrons. The Morgan fingerprint density at radius 1 is 1.53 bits per heavy atom. The molecule has 2 rings (SSSR count). The van der Waals surface area contributed by atoms with Crippen LogP contribution in [0.1, 0.15) is 23.2 Å². The van der Waals surface area contributed by atoms with Crippen LogP contribution >= 0.6 is 0 Å². The van der Waals surface area contributed by atoms with Crippen LogP contribution in [-0.2, 0) is 0 Å². The predicted octanol–water partition coefficient (Wildman–Crippen LogP) is 1.20. The molecule has 0 heterocycles. The van der Waals surface area contributed by atoms with Crippen molar-refractivity contribution in [2.75, 3.05) is 6.54 Å². The summed E-state index contributed by atoms with van der Waals surface area (Å²) in [6, 6.07) is 2.66. The van der Waals surface area contributed by atoms with Crippen molar-refractivity contribution in [3.8, 4) is 0 Å². The molecular formula is C12H14FN3O3. The summed E-state index contributed by atoms with van der Waals surface area (Å²) < 4.78 is 13.2. The van der Waals surface area contributed by atoms with E-state index >= 15 is 0 Å². The second-order valence-corrected chi connectivity index (χ2v) is 4.67. The predicted molar refractivity (Wildman–Crippen MR) is 66.1 cm³/mol. The summed E-state index contributed by atoms with van der Waals surface area (Å²) in [6.45, 7) is 0.286. The average Bonchev–Trinajstić information content (AvgIpc) is 3.18. The number of benzene rings is 1. The summed E-state index contributed by atoms with van der Waals surface area (Å²) in [5.41, 5.74) is 5.29. The van der Waals surface area contributed by atoms with E-state index in [4.69, 9.17) is 5.73 Å². The Balaban J connectivity index is 2.03. The Morgan fingerprint density at radius 2 is 2.21 bits per heavy atom. The Morgan fingerprint density at radius 3 is 2.79 bits per heavy atom. The van der Waals surface area contributed by atoms with E-state index in [2.05, 4.69) is 5.32 Å². The largest absolute Gasteiger partial charge is 0.350 e. The molecule has 6 nitrogen and oxygen atoms in total. The van der Waals surface area contributed by atoms with Crippen molar-refractivity contribution >= 4 is 11.6 Å². The number of halogens is 1. The summed E-state index contributed by atoms with van der Waals surface area (Å²) in [7, 11) is 0. The number of nitro benzene ring substituents is 1. The third-order valence-corrected chi connectivity index (χ3v) is 3.08. The van der Waals surface area contributed by atoms with Crippen LogP contribution in [0.3, 0.4) is 0 Å². The molecule has 3 N–H and O–H groups in total. The average molecular weight is 267 g/mol. The first kappa shape index (κ1) is 13.4. The monoisotopic (exact) mass is 267 g/mol. The number of nitro groups is 1. The van der Waals surface area contributed by atoms with Gasteiger partial charge < -0.3 is 11.1 Å². The van der Waals surface area contributed by atoms with Crippen LogP contribution in [0, 0.1) is 21.8 Å². The maximum absolute atomic E-state index is 13.2. The molecule has 0 spiro atoms. The van der Waals surface area contributed by atoms with E-state index in [1.807, 2.05) is 0 Å². The molecule has 1 amide bonds. The fourth-order valence-corrected chi connectivity index (χ4v) is 1.81. The van der Waals surface area contributed by atoms with Crippen molar-refractivity contribution in [2.24, 2.45) is 11.7 Å². The quantitative estimate of drug-likeness (QED) is 0.618. The minimum atomic E-state index is -0.814. The molecule has 0 aromatic heterocycles. The Hall–Kier alpha value is -2.02. The number of amides is 1. The van der Waals surface area contributed by atoms with Gasteiger partial charge in [0.05, 0.1) is 11.0 Å². The number of rotatable bonds is 5. The Kier molecular flexibility index (Phi) is 3.75. The molecular weight excluding hydrogens is 253 g/mol. The van der Waals surface area contributed by atoms with Gasteiger partial charge in [-0.25, -0.2) is 4.39 Å². The van der Waals surface area contributed by atoms with Gasteiger partial charge in [0.25, 0.3) is 11.6 Å². The van der Waals surface area contributed by atoms with Gasteiger partial charge in [-0.15, -0.1) is 0 Å². The molecule has 1 atom stereocenters. The fourth-order valence-electron chi connectivity index (χ4n) is 1.81. The SMILES string of the molecule is NC(CNC(=O)c1cc(F)cc([N+](=O)[O-])c1)C1CC1. The van der Waals surface area contributed by atoms with Gasteiger partial charge >= 0.3 is 0 Å². The van der Waals surface area contributed by atoms with E-state index in [-0.39, 0.29) is 18.2 Å². The Bertz CT molecular complexity index is 517. The fraction of sp³-hybridized carbons (Fsp3) is 0.417. The highest BCUT2D eigenvalue weighted by Crippen LogP contribution is 2.31. The van der Waals surface area contributed by atoms with E-state index in [9.17, 15) is 19.3 Å². The van der Waals surface area contributed by atoms with Crippen molar-refractivity contribution in [2.45, 2.75) is 18.9 Å². The van der Waals surface area contributed by atoms with Crippen LogP contribution < -0.4 is 11.1 Å². The van der Waals surface area contributed by atoms with Crippen LogP contribution in [0.2, 0.25) is 0 Å². The number of hydrogen-bond donors (Lipinski definition) is 2. The van der Waals surface area contributed by atoms with Gasteiger partial charge in [0.2, 0.25) is 0 Å². The maximum Gasteiger partial charge on any atom is 0.273 e. The highest BCUT2D eigenvalue weighted by molar-refractivity contribution is 5.94. The van der Waals surface area contributed by atoms with E-state index in [1.54, 1.807) is 0 Å². The minimum Gasteiger partial charge on any atom is -0.350 e. The molecule has 1 aliphatic rings. The highest BCUT2D eigenvalue weighted by atomic mass is 19.1. The zero-order valence-corrected chi connectivity index (χ0v) is 10.1. The van der Waals surface area contributed by atoms with Crippen LogP contribution in [-0.4, -0.2) is 23.4 Å². The summed E-state index contributed by atoms with van der Waals surface area (Å²) in [5, 5.41) is 13.1. The second-order valence-electron chi connectivity index (χ2n) is 4.67. The first-order chi connectivity index (χ1) is 8.97. The van der Waals surface area contributed by atoms with E-state index < -0.39 is 22.3 Å². The molecule has 19 heavy (non-hydrogen) atoms. The molecule has 0 saturated heterocycles. The zero-order chi connectivity index (χ0) is 14.0. The number of non-ortho nitro benzene ring substituents is 1. The number of nitrogens with two attached hydrogens (primary N) is 1.